The summed E-state index contributed by atoms with van der Waals surface area (Å²) in [5, 5.41) is 8.46. The van der Waals surface area contributed by atoms with Crippen LogP contribution in [0, 0.1) is 12.7 Å². The Hall–Kier alpha value is -2.54. The minimum atomic E-state index is -0.234. The summed E-state index contributed by atoms with van der Waals surface area (Å²) in [5.74, 6) is 0.810. The Labute approximate surface area is 151 Å². The second-order valence-electron chi connectivity index (χ2n) is 6.97. The van der Waals surface area contributed by atoms with Crippen molar-refractivity contribution in [3.8, 4) is 11.4 Å². The molecule has 6 nitrogen and oxygen atoms in total. The van der Waals surface area contributed by atoms with Crippen molar-refractivity contribution in [3.05, 3.63) is 52.9 Å². The molecular weight excluding hydrogens is 333 g/mol. The molecule has 0 radical (unpaired) electrons. The molecule has 1 atom stereocenters. The summed E-state index contributed by atoms with van der Waals surface area (Å²) in [7, 11) is 4.06. The summed E-state index contributed by atoms with van der Waals surface area (Å²) in [4.78, 5) is 6.71. The van der Waals surface area contributed by atoms with Crippen LogP contribution in [0.2, 0.25) is 0 Å². The summed E-state index contributed by atoms with van der Waals surface area (Å²) in [6, 6.07) is 5.13. The van der Waals surface area contributed by atoms with E-state index in [9.17, 15) is 4.39 Å². The van der Waals surface area contributed by atoms with E-state index >= 15 is 0 Å². The monoisotopic (exact) mass is 355 g/mol. The standard InChI is InChI=1S/C19H22FN5O/c1-12-9-13(7-8-15(12)20)19-22-18(26-23-19)11-24(2)16-5-4-6-17-14(16)10-21-25(17)3/h7-10,16H,4-6,11H2,1-3H3. The zero-order chi connectivity index (χ0) is 18.3. The number of halogens is 1. The highest BCUT2D eigenvalue weighted by Gasteiger charge is 2.27. The first kappa shape index (κ1) is 16.9. The molecule has 0 spiro atoms. The zero-order valence-electron chi connectivity index (χ0n) is 15.2. The van der Waals surface area contributed by atoms with Crippen LogP contribution in [0.4, 0.5) is 4.39 Å². The van der Waals surface area contributed by atoms with E-state index in [2.05, 4.69) is 27.2 Å². The largest absolute Gasteiger partial charge is 0.338 e. The highest BCUT2D eigenvalue weighted by molar-refractivity contribution is 5.55. The van der Waals surface area contributed by atoms with Gasteiger partial charge in [-0.3, -0.25) is 9.58 Å². The van der Waals surface area contributed by atoms with E-state index in [1.807, 2.05) is 17.9 Å². The lowest BCUT2D eigenvalue weighted by atomic mass is 9.92. The maximum atomic E-state index is 13.4. The van der Waals surface area contributed by atoms with Gasteiger partial charge in [-0.15, -0.1) is 0 Å². The number of hydrogen-bond donors (Lipinski definition) is 0. The third-order valence-corrected chi connectivity index (χ3v) is 5.14. The van der Waals surface area contributed by atoms with Crippen LogP contribution in [0.3, 0.4) is 0 Å². The second-order valence-corrected chi connectivity index (χ2v) is 6.97. The van der Waals surface area contributed by atoms with Crippen molar-refractivity contribution in [2.24, 2.45) is 7.05 Å². The quantitative estimate of drug-likeness (QED) is 0.718. The van der Waals surface area contributed by atoms with E-state index < -0.39 is 0 Å². The fourth-order valence-electron chi connectivity index (χ4n) is 3.68. The third kappa shape index (κ3) is 3.03. The molecule has 0 fully saturated rings. The molecule has 2 heterocycles. The SMILES string of the molecule is Cc1cc(-c2noc(CN(C)C3CCCc4c3cnn4C)n2)ccc1F. The predicted molar refractivity (Wildman–Crippen MR) is 94.8 cm³/mol. The number of benzene rings is 1. The first-order valence-electron chi connectivity index (χ1n) is 8.83. The highest BCUT2D eigenvalue weighted by atomic mass is 19.1. The Morgan fingerprint density at radius 3 is 3.04 bits per heavy atom. The molecule has 1 unspecified atom stereocenters. The highest BCUT2D eigenvalue weighted by Crippen LogP contribution is 2.34. The van der Waals surface area contributed by atoms with Crippen LogP contribution >= 0.6 is 0 Å². The number of aryl methyl sites for hydroxylation is 2. The molecule has 136 valence electrons. The molecule has 0 bridgehead atoms. The zero-order valence-corrected chi connectivity index (χ0v) is 15.2. The van der Waals surface area contributed by atoms with Gasteiger partial charge >= 0.3 is 0 Å². The summed E-state index contributed by atoms with van der Waals surface area (Å²) in [6.07, 6.45) is 5.28. The van der Waals surface area contributed by atoms with Gasteiger partial charge in [0.25, 0.3) is 0 Å². The van der Waals surface area contributed by atoms with Crippen molar-refractivity contribution in [2.45, 2.75) is 38.8 Å². The molecule has 0 aliphatic heterocycles. The molecule has 0 N–H and O–H groups in total. The lowest BCUT2D eigenvalue weighted by Gasteiger charge is -2.30. The van der Waals surface area contributed by atoms with Gasteiger partial charge in [0.2, 0.25) is 11.7 Å². The summed E-state index contributed by atoms with van der Waals surface area (Å²) >= 11 is 0. The van der Waals surface area contributed by atoms with Crippen molar-refractivity contribution >= 4 is 0 Å². The fraction of sp³-hybridized carbons (Fsp3) is 0.421. The van der Waals surface area contributed by atoms with Crippen LogP contribution < -0.4 is 0 Å². The maximum Gasteiger partial charge on any atom is 0.241 e. The van der Waals surface area contributed by atoms with E-state index in [0.29, 0.717) is 29.9 Å². The van der Waals surface area contributed by atoms with Crippen molar-refractivity contribution in [3.63, 3.8) is 0 Å². The lowest BCUT2D eigenvalue weighted by Crippen LogP contribution is -2.27. The van der Waals surface area contributed by atoms with Gasteiger partial charge in [-0.2, -0.15) is 10.1 Å². The van der Waals surface area contributed by atoms with Gasteiger partial charge in [-0.25, -0.2) is 4.39 Å². The molecule has 7 heteroatoms. The summed E-state index contributed by atoms with van der Waals surface area (Å²) in [5.41, 5.74) is 3.92. The van der Waals surface area contributed by atoms with Crippen molar-refractivity contribution in [2.75, 3.05) is 7.05 Å². The average Bonchev–Trinajstić information content (AvgIpc) is 3.24. The van der Waals surface area contributed by atoms with Crippen molar-refractivity contribution in [1.82, 2.24) is 24.8 Å². The summed E-state index contributed by atoms with van der Waals surface area (Å²) in [6.45, 7) is 2.29. The molecule has 4 rings (SSSR count). The van der Waals surface area contributed by atoms with Crippen molar-refractivity contribution < 1.29 is 8.91 Å². The molecule has 0 amide bonds. The van der Waals surface area contributed by atoms with Crippen LogP contribution in [0.25, 0.3) is 11.4 Å². The smallest absolute Gasteiger partial charge is 0.241 e. The average molecular weight is 355 g/mol. The maximum absolute atomic E-state index is 13.4. The van der Waals surface area contributed by atoms with Crippen LogP contribution in [-0.2, 0) is 20.0 Å². The predicted octanol–water partition coefficient (Wildman–Crippen LogP) is 3.43. The Balaban J connectivity index is 1.51. The van der Waals surface area contributed by atoms with Crippen LogP contribution in [0.15, 0.2) is 28.9 Å². The second kappa shape index (κ2) is 6.64. The molecule has 1 aliphatic carbocycles. The van der Waals surface area contributed by atoms with Crippen LogP contribution in [0.5, 0.6) is 0 Å². The van der Waals surface area contributed by atoms with Gasteiger partial charge in [-0.05, 0) is 57.0 Å². The Kier molecular flexibility index (Phi) is 4.32. The van der Waals surface area contributed by atoms with Gasteiger partial charge in [0, 0.05) is 29.9 Å². The van der Waals surface area contributed by atoms with E-state index in [4.69, 9.17) is 4.52 Å². The van der Waals surface area contributed by atoms with Gasteiger partial charge in [0.1, 0.15) is 5.82 Å². The topological polar surface area (TPSA) is 60.0 Å². The minimum absolute atomic E-state index is 0.234. The molecule has 1 aromatic carbocycles. The molecular formula is C19H22FN5O. The molecule has 1 aliphatic rings. The molecule has 2 aromatic heterocycles. The van der Waals surface area contributed by atoms with E-state index in [1.165, 1.54) is 17.3 Å². The normalized spacial score (nSPS) is 16.9. The van der Waals surface area contributed by atoms with Gasteiger partial charge in [-0.1, -0.05) is 5.16 Å². The number of rotatable bonds is 4. The molecule has 0 saturated carbocycles. The van der Waals surface area contributed by atoms with Crippen LogP contribution in [-0.4, -0.2) is 31.9 Å². The molecule has 3 aromatic rings. The Morgan fingerprint density at radius 2 is 2.23 bits per heavy atom. The van der Waals surface area contributed by atoms with Gasteiger partial charge in [0.05, 0.1) is 12.7 Å². The van der Waals surface area contributed by atoms with Gasteiger partial charge < -0.3 is 4.52 Å². The lowest BCUT2D eigenvalue weighted by molar-refractivity contribution is 0.186. The first-order valence-corrected chi connectivity index (χ1v) is 8.83. The fourth-order valence-corrected chi connectivity index (χ4v) is 3.68. The van der Waals surface area contributed by atoms with Gasteiger partial charge in [0.15, 0.2) is 0 Å². The number of nitrogens with zero attached hydrogens (tertiary/aromatic N) is 5. The first-order chi connectivity index (χ1) is 12.5. The number of fused-ring (bicyclic) bond motifs is 1. The number of hydrogen-bond acceptors (Lipinski definition) is 5. The van der Waals surface area contributed by atoms with Crippen molar-refractivity contribution in [1.29, 1.82) is 0 Å². The van der Waals surface area contributed by atoms with E-state index in [0.717, 1.165) is 24.8 Å². The molecule has 0 saturated heterocycles. The Bertz CT molecular complexity index is 932. The van der Waals surface area contributed by atoms with Crippen LogP contribution in [0.1, 0.15) is 41.6 Å². The molecule has 26 heavy (non-hydrogen) atoms. The minimum Gasteiger partial charge on any atom is -0.338 e. The van der Waals surface area contributed by atoms with E-state index in [1.54, 1.807) is 19.1 Å². The third-order valence-electron chi connectivity index (χ3n) is 5.14. The number of aromatic nitrogens is 4. The summed E-state index contributed by atoms with van der Waals surface area (Å²) < 4.78 is 20.8. The van der Waals surface area contributed by atoms with E-state index in [-0.39, 0.29) is 5.82 Å². The Morgan fingerprint density at radius 1 is 1.38 bits per heavy atom.